The van der Waals surface area contributed by atoms with Crippen LogP contribution in [0.15, 0.2) is 48.5 Å². The molecule has 0 unspecified atom stereocenters. The summed E-state index contributed by atoms with van der Waals surface area (Å²) < 4.78 is 13.8. The van der Waals surface area contributed by atoms with Gasteiger partial charge in [0.15, 0.2) is 0 Å². The molecule has 5 heteroatoms. The molecular formula is C22H26FN3O. The number of halogens is 1. The van der Waals surface area contributed by atoms with Crippen molar-refractivity contribution < 1.29 is 9.18 Å². The summed E-state index contributed by atoms with van der Waals surface area (Å²) in [6.07, 6.45) is 2.70. The van der Waals surface area contributed by atoms with Gasteiger partial charge in [-0.3, -0.25) is 4.79 Å². The highest BCUT2D eigenvalue weighted by Gasteiger charge is 2.22. The van der Waals surface area contributed by atoms with E-state index in [4.69, 9.17) is 0 Å². The third-order valence-electron chi connectivity index (χ3n) is 5.62. The Morgan fingerprint density at radius 2 is 1.33 bits per heavy atom. The Hall–Kier alpha value is -2.56. The topological polar surface area (TPSA) is 26.8 Å². The molecule has 142 valence electrons. The third kappa shape index (κ3) is 4.07. The first-order valence-corrected chi connectivity index (χ1v) is 9.82. The summed E-state index contributed by atoms with van der Waals surface area (Å²) in [6, 6.07) is 15.3. The molecule has 0 atom stereocenters. The fourth-order valence-electron chi connectivity index (χ4n) is 3.98. The van der Waals surface area contributed by atoms with Crippen molar-refractivity contribution in [1.82, 2.24) is 4.90 Å². The smallest absolute Gasteiger partial charge is 0.227 e. The minimum Gasteiger partial charge on any atom is -0.372 e. The van der Waals surface area contributed by atoms with Crippen molar-refractivity contribution in [1.29, 1.82) is 0 Å². The van der Waals surface area contributed by atoms with Crippen LogP contribution < -0.4 is 9.80 Å². The first kappa shape index (κ1) is 17.8. The maximum absolute atomic E-state index is 13.8. The molecule has 0 N–H and O–H groups in total. The molecule has 2 aromatic carbocycles. The number of piperazine rings is 1. The van der Waals surface area contributed by atoms with Crippen LogP contribution >= 0.6 is 0 Å². The first-order chi connectivity index (χ1) is 13.2. The van der Waals surface area contributed by atoms with Crippen molar-refractivity contribution in [3.63, 3.8) is 0 Å². The Balaban J connectivity index is 1.32. The average molecular weight is 367 g/mol. The highest BCUT2D eigenvalue weighted by Crippen LogP contribution is 2.24. The second kappa shape index (κ2) is 7.99. The van der Waals surface area contributed by atoms with Crippen LogP contribution in [0.25, 0.3) is 0 Å². The second-order valence-corrected chi connectivity index (χ2v) is 7.35. The molecule has 2 aliphatic rings. The standard InChI is InChI=1S/C22H26FN3O/c23-21-6-2-1-5-18(21)17-22(27)26-15-13-25(14-16-26)20-9-7-19(8-10-20)24-11-3-4-12-24/h1-2,5-10H,3-4,11-17H2. The van der Waals surface area contributed by atoms with E-state index in [9.17, 15) is 9.18 Å². The van der Waals surface area contributed by atoms with Crippen molar-refractivity contribution in [3.8, 4) is 0 Å². The molecule has 2 aliphatic heterocycles. The second-order valence-electron chi connectivity index (χ2n) is 7.35. The van der Waals surface area contributed by atoms with Crippen LogP contribution in [0.3, 0.4) is 0 Å². The lowest BCUT2D eigenvalue weighted by molar-refractivity contribution is -0.130. The van der Waals surface area contributed by atoms with E-state index in [1.807, 2.05) is 4.90 Å². The number of nitrogens with zero attached hydrogens (tertiary/aromatic N) is 3. The lowest BCUT2D eigenvalue weighted by Gasteiger charge is -2.36. The van der Waals surface area contributed by atoms with E-state index in [2.05, 4.69) is 34.1 Å². The van der Waals surface area contributed by atoms with Gasteiger partial charge in [0.05, 0.1) is 6.42 Å². The van der Waals surface area contributed by atoms with Crippen LogP contribution in [0, 0.1) is 5.82 Å². The van der Waals surface area contributed by atoms with Gasteiger partial charge in [-0.25, -0.2) is 4.39 Å². The monoisotopic (exact) mass is 367 g/mol. The van der Waals surface area contributed by atoms with E-state index in [1.54, 1.807) is 18.2 Å². The highest BCUT2D eigenvalue weighted by molar-refractivity contribution is 5.79. The molecule has 27 heavy (non-hydrogen) atoms. The number of hydrogen-bond acceptors (Lipinski definition) is 3. The molecule has 4 rings (SSSR count). The maximum atomic E-state index is 13.8. The van der Waals surface area contributed by atoms with Gasteiger partial charge in [-0.15, -0.1) is 0 Å². The Bertz CT molecular complexity index is 778. The molecule has 2 heterocycles. The average Bonchev–Trinajstić information content (AvgIpc) is 3.25. The van der Waals surface area contributed by atoms with E-state index >= 15 is 0 Å². The first-order valence-electron chi connectivity index (χ1n) is 9.82. The van der Waals surface area contributed by atoms with Gasteiger partial charge < -0.3 is 14.7 Å². The SMILES string of the molecule is O=C(Cc1ccccc1F)N1CCN(c2ccc(N3CCCC3)cc2)CC1. The van der Waals surface area contributed by atoms with E-state index < -0.39 is 0 Å². The molecule has 1 amide bonds. The number of rotatable bonds is 4. The lowest BCUT2D eigenvalue weighted by atomic mass is 10.1. The number of hydrogen-bond donors (Lipinski definition) is 0. The van der Waals surface area contributed by atoms with Gasteiger partial charge >= 0.3 is 0 Å². The fraction of sp³-hybridized carbons (Fsp3) is 0.409. The minimum atomic E-state index is -0.303. The number of anilines is 2. The molecule has 0 bridgehead atoms. The van der Waals surface area contributed by atoms with Crippen molar-refractivity contribution in [2.75, 3.05) is 49.1 Å². The van der Waals surface area contributed by atoms with Gasteiger partial charge in [-0.1, -0.05) is 18.2 Å². The van der Waals surface area contributed by atoms with Crippen LogP contribution in [-0.4, -0.2) is 50.1 Å². The summed E-state index contributed by atoms with van der Waals surface area (Å²) in [5.74, 6) is -0.299. The Morgan fingerprint density at radius 3 is 1.93 bits per heavy atom. The molecule has 2 fully saturated rings. The van der Waals surface area contributed by atoms with Crippen molar-refractivity contribution in [3.05, 3.63) is 59.9 Å². The quantitative estimate of drug-likeness (QED) is 0.829. The van der Waals surface area contributed by atoms with Crippen LogP contribution in [0.2, 0.25) is 0 Å². The third-order valence-corrected chi connectivity index (χ3v) is 5.62. The molecule has 2 aromatic rings. The van der Waals surface area contributed by atoms with Crippen LogP contribution in [0.1, 0.15) is 18.4 Å². The lowest BCUT2D eigenvalue weighted by Crippen LogP contribution is -2.49. The predicted octanol–water partition coefficient (Wildman–Crippen LogP) is 3.32. The molecule has 0 spiro atoms. The van der Waals surface area contributed by atoms with Crippen LogP contribution in [0.5, 0.6) is 0 Å². The predicted molar refractivity (Wildman–Crippen MR) is 107 cm³/mol. The van der Waals surface area contributed by atoms with Crippen molar-refractivity contribution in [2.45, 2.75) is 19.3 Å². The summed E-state index contributed by atoms with van der Waals surface area (Å²) in [6.45, 7) is 5.30. The van der Waals surface area contributed by atoms with E-state index in [-0.39, 0.29) is 18.1 Å². The van der Waals surface area contributed by atoms with Gasteiger partial charge in [0.25, 0.3) is 0 Å². The molecule has 2 saturated heterocycles. The zero-order valence-corrected chi connectivity index (χ0v) is 15.6. The van der Waals surface area contributed by atoms with Gasteiger partial charge in [0, 0.05) is 50.6 Å². The summed E-state index contributed by atoms with van der Waals surface area (Å²) in [4.78, 5) is 19.1. The molecule has 4 nitrogen and oxygen atoms in total. The molecule has 0 aromatic heterocycles. The summed E-state index contributed by atoms with van der Waals surface area (Å²) in [5.41, 5.74) is 2.98. The maximum Gasteiger partial charge on any atom is 0.227 e. The molecule has 0 radical (unpaired) electrons. The Labute approximate surface area is 160 Å². The zero-order chi connectivity index (χ0) is 18.6. The number of carbonyl (C=O) groups excluding carboxylic acids is 1. The van der Waals surface area contributed by atoms with E-state index in [0.717, 1.165) is 26.2 Å². The largest absolute Gasteiger partial charge is 0.372 e. The minimum absolute atomic E-state index is 0.00383. The van der Waals surface area contributed by atoms with Gasteiger partial charge in [-0.05, 0) is 48.7 Å². The zero-order valence-electron chi connectivity index (χ0n) is 15.6. The van der Waals surface area contributed by atoms with Crippen LogP contribution in [-0.2, 0) is 11.2 Å². The van der Waals surface area contributed by atoms with E-state index in [1.165, 1.54) is 30.3 Å². The molecular weight excluding hydrogens is 341 g/mol. The highest BCUT2D eigenvalue weighted by atomic mass is 19.1. The summed E-state index contributed by atoms with van der Waals surface area (Å²) >= 11 is 0. The normalized spacial score (nSPS) is 17.4. The number of amides is 1. The number of carbonyl (C=O) groups is 1. The number of benzene rings is 2. The summed E-state index contributed by atoms with van der Waals surface area (Å²) in [7, 11) is 0. The van der Waals surface area contributed by atoms with E-state index in [0.29, 0.717) is 18.7 Å². The molecule has 0 saturated carbocycles. The summed E-state index contributed by atoms with van der Waals surface area (Å²) in [5, 5.41) is 0. The van der Waals surface area contributed by atoms with Crippen molar-refractivity contribution >= 4 is 17.3 Å². The van der Waals surface area contributed by atoms with Crippen molar-refractivity contribution in [2.24, 2.45) is 0 Å². The molecule has 0 aliphatic carbocycles. The van der Waals surface area contributed by atoms with Gasteiger partial charge in [-0.2, -0.15) is 0 Å². The Morgan fingerprint density at radius 1 is 0.778 bits per heavy atom. The fourth-order valence-corrected chi connectivity index (χ4v) is 3.98. The van der Waals surface area contributed by atoms with Crippen LogP contribution in [0.4, 0.5) is 15.8 Å². The van der Waals surface area contributed by atoms with Gasteiger partial charge in [0.2, 0.25) is 5.91 Å². The van der Waals surface area contributed by atoms with Gasteiger partial charge in [0.1, 0.15) is 5.82 Å². The Kier molecular flexibility index (Phi) is 5.28.